The maximum atomic E-state index is 9.78. The third-order valence-electron chi connectivity index (χ3n) is 3.97. The second kappa shape index (κ2) is 6.58. The van der Waals surface area contributed by atoms with E-state index in [0.717, 1.165) is 43.4 Å². The average molecular weight is 273 g/mol. The van der Waals surface area contributed by atoms with Crippen LogP contribution in [-0.2, 0) is 13.5 Å². The number of aromatic nitrogens is 2. The van der Waals surface area contributed by atoms with Gasteiger partial charge in [0.25, 0.3) is 0 Å². The summed E-state index contributed by atoms with van der Waals surface area (Å²) in [6, 6.07) is 0. The van der Waals surface area contributed by atoms with Crippen LogP contribution < -0.4 is 0 Å². The van der Waals surface area contributed by atoms with E-state index in [4.69, 9.17) is 11.6 Å². The van der Waals surface area contributed by atoms with Gasteiger partial charge in [-0.1, -0.05) is 38.3 Å². The molecule has 0 bridgehead atoms. The zero-order chi connectivity index (χ0) is 13.8. The number of hydrogen-bond acceptors (Lipinski definition) is 2. The molecule has 0 amide bonds. The molecule has 18 heavy (non-hydrogen) atoms. The lowest BCUT2D eigenvalue weighted by atomic mass is 9.76. The Bertz CT molecular complexity index is 383. The number of rotatable bonds is 7. The van der Waals surface area contributed by atoms with Gasteiger partial charge in [-0.05, 0) is 31.6 Å². The second-order valence-corrected chi connectivity index (χ2v) is 5.63. The van der Waals surface area contributed by atoms with Crippen LogP contribution in [0.4, 0.5) is 0 Å². The average Bonchev–Trinajstić information content (AvgIpc) is 2.61. The predicted octanol–water partition coefficient (Wildman–Crippen LogP) is 3.50. The Morgan fingerprint density at radius 1 is 1.39 bits per heavy atom. The minimum absolute atomic E-state index is 0.0482. The summed E-state index contributed by atoms with van der Waals surface area (Å²) in [6.45, 7) is 6.53. The summed E-state index contributed by atoms with van der Waals surface area (Å²) in [4.78, 5) is 0. The molecular formula is C14H25ClN2O. The molecule has 0 radical (unpaired) electrons. The molecular weight excluding hydrogens is 248 g/mol. The molecule has 1 aromatic heterocycles. The molecule has 1 atom stereocenters. The van der Waals surface area contributed by atoms with Gasteiger partial charge in [-0.3, -0.25) is 4.68 Å². The minimum atomic E-state index is -0.0482. The Labute approximate surface area is 115 Å². The van der Waals surface area contributed by atoms with E-state index in [1.54, 1.807) is 4.68 Å². The Morgan fingerprint density at radius 3 is 2.44 bits per heavy atom. The number of aliphatic hydroxyl groups is 1. The molecule has 0 aromatic carbocycles. The number of aryl methyl sites for hydroxylation is 2. The fourth-order valence-electron chi connectivity index (χ4n) is 2.44. The van der Waals surface area contributed by atoms with Crippen molar-refractivity contribution in [2.24, 2.45) is 12.5 Å². The lowest BCUT2D eigenvalue weighted by Gasteiger charge is -2.31. The van der Waals surface area contributed by atoms with E-state index in [1.807, 2.05) is 14.0 Å². The fourth-order valence-corrected chi connectivity index (χ4v) is 2.68. The van der Waals surface area contributed by atoms with Crippen LogP contribution in [0.5, 0.6) is 0 Å². The number of halogens is 1. The van der Waals surface area contributed by atoms with Gasteiger partial charge in [0.2, 0.25) is 0 Å². The van der Waals surface area contributed by atoms with Crippen LogP contribution >= 0.6 is 11.6 Å². The second-order valence-electron chi connectivity index (χ2n) is 5.27. The number of nitrogens with zero attached hydrogens (tertiary/aromatic N) is 2. The highest BCUT2D eigenvalue weighted by Gasteiger charge is 2.30. The van der Waals surface area contributed by atoms with Crippen molar-refractivity contribution >= 4 is 11.6 Å². The molecule has 0 fully saturated rings. The standard InChI is InChI=1S/C14H25ClN2O/c1-5-7-8-14(6-2,10-18)9-12-11(3)16-17(4)13(12)15/h18H,5-10H2,1-4H3. The van der Waals surface area contributed by atoms with Gasteiger partial charge >= 0.3 is 0 Å². The smallest absolute Gasteiger partial charge is 0.130 e. The van der Waals surface area contributed by atoms with Crippen molar-refractivity contribution in [2.45, 2.75) is 52.9 Å². The summed E-state index contributed by atoms with van der Waals surface area (Å²) < 4.78 is 1.71. The van der Waals surface area contributed by atoms with Gasteiger partial charge in [0, 0.05) is 19.2 Å². The van der Waals surface area contributed by atoms with E-state index >= 15 is 0 Å². The van der Waals surface area contributed by atoms with Crippen LogP contribution in [-0.4, -0.2) is 21.5 Å². The normalized spacial score (nSPS) is 14.8. The van der Waals surface area contributed by atoms with E-state index < -0.39 is 0 Å². The molecule has 104 valence electrons. The number of aliphatic hydroxyl groups excluding tert-OH is 1. The maximum Gasteiger partial charge on any atom is 0.130 e. The lowest BCUT2D eigenvalue weighted by Crippen LogP contribution is -2.27. The van der Waals surface area contributed by atoms with Crippen LogP contribution in [0.25, 0.3) is 0 Å². The Balaban J connectivity index is 2.95. The van der Waals surface area contributed by atoms with Gasteiger partial charge < -0.3 is 5.11 Å². The van der Waals surface area contributed by atoms with E-state index in [-0.39, 0.29) is 12.0 Å². The number of hydrogen-bond donors (Lipinski definition) is 1. The summed E-state index contributed by atoms with van der Waals surface area (Å²) in [5.74, 6) is 0. The van der Waals surface area contributed by atoms with Crippen LogP contribution in [0.2, 0.25) is 5.15 Å². The van der Waals surface area contributed by atoms with Crippen molar-refractivity contribution in [1.82, 2.24) is 9.78 Å². The predicted molar refractivity (Wildman–Crippen MR) is 76.0 cm³/mol. The van der Waals surface area contributed by atoms with E-state index in [2.05, 4.69) is 18.9 Å². The monoisotopic (exact) mass is 272 g/mol. The van der Waals surface area contributed by atoms with Gasteiger partial charge in [-0.2, -0.15) is 5.10 Å². The summed E-state index contributed by atoms with van der Waals surface area (Å²) in [7, 11) is 1.86. The zero-order valence-corrected chi connectivity index (χ0v) is 12.7. The van der Waals surface area contributed by atoms with E-state index in [0.29, 0.717) is 5.15 Å². The molecule has 0 aliphatic carbocycles. The van der Waals surface area contributed by atoms with E-state index in [1.165, 1.54) is 0 Å². The third-order valence-corrected chi connectivity index (χ3v) is 4.44. The zero-order valence-electron chi connectivity index (χ0n) is 12.0. The SMILES string of the molecule is CCCCC(CC)(CO)Cc1c(C)nn(C)c1Cl. The first-order chi connectivity index (χ1) is 8.49. The van der Waals surface area contributed by atoms with Crippen molar-refractivity contribution in [3.8, 4) is 0 Å². The lowest BCUT2D eigenvalue weighted by molar-refractivity contribution is 0.107. The molecule has 0 saturated heterocycles. The topological polar surface area (TPSA) is 38.1 Å². The summed E-state index contributed by atoms with van der Waals surface area (Å²) >= 11 is 6.29. The Kier molecular flexibility index (Phi) is 5.67. The molecule has 1 rings (SSSR count). The molecule has 4 heteroatoms. The highest BCUT2D eigenvalue weighted by Crippen LogP contribution is 2.35. The van der Waals surface area contributed by atoms with Crippen molar-refractivity contribution < 1.29 is 5.11 Å². The molecule has 1 aromatic rings. The first kappa shape index (κ1) is 15.5. The van der Waals surface area contributed by atoms with Crippen LogP contribution in [0, 0.1) is 12.3 Å². The van der Waals surface area contributed by atoms with Crippen molar-refractivity contribution in [3.63, 3.8) is 0 Å². The molecule has 0 aliphatic rings. The van der Waals surface area contributed by atoms with Crippen LogP contribution in [0.1, 0.15) is 50.8 Å². The third kappa shape index (κ3) is 3.27. The van der Waals surface area contributed by atoms with Gasteiger partial charge in [-0.25, -0.2) is 0 Å². The first-order valence-corrected chi connectivity index (χ1v) is 7.16. The number of unbranched alkanes of at least 4 members (excludes halogenated alkanes) is 1. The van der Waals surface area contributed by atoms with E-state index in [9.17, 15) is 5.11 Å². The van der Waals surface area contributed by atoms with Gasteiger partial charge in [0.1, 0.15) is 5.15 Å². The highest BCUT2D eigenvalue weighted by molar-refractivity contribution is 6.30. The van der Waals surface area contributed by atoms with Crippen molar-refractivity contribution in [3.05, 3.63) is 16.4 Å². The van der Waals surface area contributed by atoms with Crippen LogP contribution in [0.15, 0.2) is 0 Å². The Morgan fingerprint density at radius 2 is 2.06 bits per heavy atom. The van der Waals surface area contributed by atoms with Crippen molar-refractivity contribution in [1.29, 1.82) is 0 Å². The fraction of sp³-hybridized carbons (Fsp3) is 0.786. The van der Waals surface area contributed by atoms with Crippen molar-refractivity contribution in [2.75, 3.05) is 6.61 Å². The Hall–Kier alpha value is -0.540. The molecule has 0 saturated carbocycles. The highest BCUT2D eigenvalue weighted by atomic mass is 35.5. The summed E-state index contributed by atoms with van der Waals surface area (Å²) in [5, 5.41) is 14.8. The largest absolute Gasteiger partial charge is 0.396 e. The molecule has 0 spiro atoms. The quantitative estimate of drug-likeness (QED) is 0.825. The minimum Gasteiger partial charge on any atom is -0.396 e. The molecule has 1 heterocycles. The summed E-state index contributed by atoms with van der Waals surface area (Å²) in [6.07, 6.45) is 5.13. The first-order valence-electron chi connectivity index (χ1n) is 6.78. The molecule has 1 unspecified atom stereocenters. The molecule has 0 aliphatic heterocycles. The molecule has 1 N–H and O–H groups in total. The van der Waals surface area contributed by atoms with Crippen LogP contribution in [0.3, 0.4) is 0 Å². The van der Waals surface area contributed by atoms with Gasteiger partial charge in [0.05, 0.1) is 5.69 Å². The summed E-state index contributed by atoms with van der Waals surface area (Å²) in [5.41, 5.74) is 2.02. The maximum absolute atomic E-state index is 9.78. The molecule has 3 nitrogen and oxygen atoms in total. The van der Waals surface area contributed by atoms with Gasteiger partial charge in [-0.15, -0.1) is 0 Å². The van der Waals surface area contributed by atoms with Gasteiger partial charge in [0.15, 0.2) is 0 Å².